The number of ether oxygens (including phenoxy) is 1. The number of fused-ring (bicyclic) bond motifs is 1. The van der Waals surface area contributed by atoms with Crippen molar-refractivity contribution in [1.29, 1.82) is 0 Å². The molecule has 0 radical (unpaired) electrons. The number of para-hydroxylation sites is 1. The van der Waals surface area contributed by atoms with Crippen LogP contribution >= 0.6 is 0 Å². The van der Waals surface area contributed by atoms with Gasteiger partial charge in [0.1, 0.15) is 11.8 Å². The first-order valence-electron chi connectivity index (χ1n) is 12.4. The molecule has 1 aromatic heterocycles. The summed E-state index contributed by atoms with van der Waals surface area (Å²) in [5.41, 5.74) is 0.472. The molecule has 1 aliphatic heterocycles. The lowest BCUT2D eigenvalue weighted by atomic mass is 9.99. The number of aromatic nitrogens is 2. The molecule has 3 atom stereocenters. The summed E-state index contributed by atoms with van der Waals surface area (Å²) in [6.45, 7) is 3.52. The van der Waals surface area contributed by atoms with Crippen LogP contribution in [0.15, 0.2) is 72.0 Å². The van der Waals surface area contributed by atoms with Crippen LogP contribution in [0.25, 0.3) is 0 Å². The van der Waals surface area contributed by atoms with Crippen LogP contribution in [-0.2, 0) is 10.0 Å². The zero-order valence-electron chi connectivity index (χ0n) is 21.9. The van der Waals surface area contributed by atoms with Crippen LogP contribution in [0.3, 0.4) is 0 Å². The summed E-state index contributed by atoms with van der Waals surface area (Å²) >= 11 is 0. The highest BCUT2D eigenvalue weighted by Gasteiger charge is 2.36. The lowest BCUT2D eigenvalue weighted by Crippen LogP contribution is -2.50. The molecule has 206 valence electrons. The molecule has 2 N–H and O–H groups in total. The number of nitrogens with zero attached hydrogens (tertiary/aromatic N) is 4. The van der Waals surface area contributed by atoms with E-state index in [0.29, 0.717) is 0 Å². The van der Waals surface area contributed by atoms with Gasteiger partial charge in [0.05, 0.1) is 41.5 Å². The normalized spacial score (nSPS) is 18.5. The van der Waals surface area contributed by atoms with Gasteiger partial charge in [-0.25, -0.2) is 13.4 Å². The fourth-order valence-electron chi connectivity index (χ4n) is 4.29. The quantitative estimate of drug-likeness (QED) is 0.433. The molecule has 4 rings (SSSR count). The standard InChI is InChI=1S/C27H31N5O6S/c1-18-15-32(19(2)17-33)27(35)21-10-7-11-22(30-26(34)23-14-28-12-13-29-23)25(21)38-24(18)16-31(3)39(36,37)20-8-5-4-6-9-20/h4-14,18-19,24,33H,15-17H2,1-3H3,(H,30,34)/t18-,19-,24+/m0/s1. The molecule has 39 heavy (non-hydrogen) atoms. The molecule has 11 nitrogen and oxygen atoms in total. The third-order valence-electron chi connectivity index (χ3n) is 6.62. The molecule has 0 aliphatic carbocycles. The molecule has 2 amide bonds. The van der Waals surface area contributed by atoms with Crippen LogP contribution in [-0.4, -0.2) is 83.4 Å². The van der Waals surface area contributed by atoms with Crippen LogP contribution in [0, 0.1) is 5.92 Å². The van der Waals surface area contributed by atoms with Gasteiger partial charge in [-0.05, 0) is 31.2 Å². The Labute approximate surface area is 227 Å². The number of aliphatic hydroxyl groups is 1. The lowest BCUT2D eigenvalue weighted by molar-refractivity contribution is 0.0388. The number of benzene rings is 2. The topological polar surface area (TPSA) is 142 Å². The molecular formula is C27H31N5O6S. The molecule has 0 bridgehead atoms. The predicted molar refractivity (Wildman–Crippen MR) is 144 cm³/mol. The molecular weight excluding hydrogens is 522 g/mol. The van der Waals surface area contributed by atoms with Gasteiger partial charge >= 0.3 is 0 Å². The van der Waals surface area contributed by atoms with Crippen molar-refractivity contribution in [2.24, 2.45) is 5.92 Å². The minimum Gasteiger partial charge on any atom is -0.486 e. The van der Waals surface area contributed by atoms with Crippen LogP contribution in [0.5, 0.6) is 5.75 Å². The van der Waals surface area contributed by atoms with Gasteiger partial charge in [-0.3, -0.25) is 14.6 Å². The number of amides is 2. The van der Waals surface area contributed by atoms with Gasteiger partial charge in [0.15, 0.2) is 5.75 Å². The van der Waals surface area contributed by atoms with Crippen LogP contribution in [0.1, 0.15) is 34.7 Å². The van der Waals surface area contributed by atoms with Crippen molar-refractivity contribution in [3.8, 4) is 5.75 Å². The van der Waals surface area contributed by atoms with E-state index in [-0.39, 0.29) is 59.1 Å². The van der Waals surface area contributed by atoms with E-state index in [9.17, 15) is 23.1 Å². The Morgan fingerprint density at radius 2 is 1.95 bits per heavy atom. The van der Waals surface area contributed by atoms with Crippen molar-refractivity contribution in [2.45, 2.75) is 30.9 Å². The Balaban J connectivity index is 1.73. The molecule has 3 aromatic rings. The summed E-state index contributed by atoms with van der Waals surface area (Å²) < 4.78 is 34.1. The fourth-order valence-corrected chi connectivity index (χ4v) is 5.49. The lowest BCUT2D eigenvalue weighted by Gasteiger charge is -2.38. The first-order chi connectivity index (χ1) is 18.6. The third-order valence-corrected chi connectivity index (χ3v) is 8.46. The van der Waals surface area contributed by atoms with E-state index in [4.69, 9.17) is 4.74 Å². The minimum atomic E-state index is -3.82. The number of carbonyl (C=O) groups excluding carboxylic acids is 2. The van der Waals surface area contributed by atoms with E-state index in [1.54, 1.807) is 48.2 Å². The van der Waals surface area contributed by atoms with Crippen molar-refractivity contribution in [2.75, 3.05) is 32.1 Å². The molecule has 0 saturated heterocycles. The van der Waals surface area contributed by atoms with Gasteiger partial charge in [0.25, 0.3) is 11.8 Å². The van der Waals surface area contributed by atoms with Crippen molar-refractivity contribution in [1.82, 2.24) is 19.2 Å². The number of aliphatic hydroxyl groups excluding tert-OH is 1. The zero-order valence-corrected chi connectivity index (χ0v) is 22.7. The Morgan fingerprint density at radius 1 is 1.21 bits per heavy atom. The number of carbonyl (C=O) groups is 2. The second-order valence-corrected chi connectivity index (χ2v) is 11.5. The first kappa shape index (κ1) is 28.1. The summed E-state index contributed by atoms with van der Waals surface area (Å²) in [6.07, 6.45) is 3.44. The number of anilines is 1. The van der Waals surface area contributed by atoms with Crippen LogP contribution in [0.2, 0.25) is 0 Å². The number of hydrogen-bond acceptors (Lipinski definition) is 8. The molecule has 0 saturated carbocycles. The number of nitrogens with one attached hydrogen (secondary N) is 1. The van der Waals surface area contributed by atoms with Crippen molar-refractivity contribution in [3.63, 3.8) is 0 Å². The van der Waals surface area contributed by atoms with Gasteiger partial charge in [0.2, 0.25) is 10.0 Å². The van der Waals surface area contributed by atoms with Gasteiger partial charge < -0.3 is 20.1 Å². The van der Waals surface area contributed by atoms with Crippen molar-refractivity contribution < 1.29 is 27.9 Å². The summed E-state index contributed by atoms with van der Waals surface area (Å²) in [5.74, 6) is -1.16. The number of sulfonamides is 1. The molecule has 1 aliphatic rings. The highest BCUT2D eigenvalue weighted by Crippen LogP contribution is 2.35. The van der Waals surface area contributed by atoms with Gasteiger partial charge in [-0.1, -0.05) is 31.2 Å². The maximum absolute atomic E-state index is 13.6. The highest BCUT2D eigenvalue weighted by molar-refractivity contribution is 7.89. The maximum atomic E-state index is 13.6. The van der Waals surface area contributed by atoms with E-state index in [1.165, 1.54) is 42.1 Å². The molecule has 2 heterocycles. The SMILES string of the molecule is C[C@H]1CN([C@@H](C)CO)C(=O)c2cccc(NC(=O)c3cnccn3)c2O[C@@H]1CN(C)S(=O)(=O)c1ccccc1. The average Bonchev–Trinajstić information content (AvgIpc) is 2.95. The minimum absolute atomic E-state index is 0.0280. The monoisotopic (exact) mass is 553 g/mol. The Bertz CT molecular complexity index is 1420. The first-order valence-corrected chi connectivity index (χ1v) is 13.9. The zero-order chi connectivity index (χ0) is 28.2. The summed E-state index contributed by atoms with van der Waals surface area (Å²) in [7, 11) is -2.35. The summed E-state index contributed by atoms with van der Waals surface area (Å²) in [6, 6.07) is 12.4. The van der Waals surface area contributed by atoms with E-state index < -0.39 is 28.1 Å². The van der Waals surface area contributed by atoms with Crippen molar-refractivity contribution in [3.05, 3.63) is 78.4 Å². The van der Waals surface area contributed by atoms with E-state index in [2.05, 4.69) is 15.3 Å². The largest absolute Gasteiger partial charge is 0.486 e. The maximum Gasteiger partial charge on any atom is 0.275 e. The molecule has 12 heteroatoms. The van der Waals surface area contributed by atoms with E-state index in [0.717, 1.165) is 0 Å². The molecule has 0 spiro atoms. The molecule has 0 fully saturated rings. The van der Waals surface area contributed by atoms with Gasteiger partial charge in [-0.2, -0.15) is 4.31 Å². The fraction of sp³-hybridized carbons (Fsp3) is 0.333. The summed E-state index contributed by atoms with van der Waals surface area (Å²) in [5, 5.41) is 12.6. The Kier molecular flexibility index (Phi) is 8.58. The number of likely N-dealkylation sites (N-methyl/N-ethyl adjacent to an activating group) is 1. The third kappa shape index (κ3) is 6.08. The molecule has 2 aromatic carbocycles. The van der Waals surface area contributed by atoms with Crippen LogP contribution in [0.4, 0.5) is 5.69 Å². The van der Waals surface area contributed by atoms with Gasteiger partial charge in [0, 0.05) is 31.9 Å². The smallest absolute Gasteiger partial charge is 0.275 e. The average molecular weight is 554 g/mol. The van der Waals surface area contributed by atoms with Crippen molar-refractivity contribution >= 4 is 27.5 Å². The highest BCUT2D eigenvalue weighted by atomic mass is 32.2. The number of hydrogen-bond donors (Lipinski definition) is 2. The summed E-state index contributed by atoms with van der Waals surface area (Å²) in [4.78, 5) is 36.1. The van der Waals surface area contributed by atoms with E-state index >= 15 is 0 Å². The second-order valence-electron chi connectivity index (χ2n) is 9.45. The Morgan fingerprint density at radius 3 is 2.62 bits per heavy atom. The van der Waals surface area contributed by atoms with Gasteiger partial charge in [-0.15, -0.1) is 0 Å². The molecule has 0 unspecified atom stereocenters. The second kappa shape index (κ2) is 11.9. The predicted octanol–water partition coefficient (Wildman–Crippen LogP) is 2.27. The van der Waals surface area contributed by atoms with Crippen LogP contribution < -0.4 is 10.1 Å². The number of rotatable bonds is 8. The Hall–Kier alpha value is -3.87. The van der Waals surface area contributed by atoms with E-state index in [1.807, 2.05) is 6.92 Å².